The largest absolute Gasteiger partial charge is 0.491 e. The molecule has 0 fully saturated rings. The van der Waals surface area contributed by atoms with E-state index in [0.29, 0.717) is 6.42 Å². The van der Waals surface area contributed by atoms with E-state index < -0.39 is 0 Å². The van der Waals surface area contributed by atoms with E-state index in [9.17, 15) is 4.79 Å². The molecule has 0 radical (unpaired) electrons. The first-order valence-corrected chi connectivity index (χ1v) is 6.12. The summed E-state index contributed by atoms with van der Waals surface area (Å²) in [5.41, 5.74) is 0.824. The highest BCUT2D eigenvalue weighted by molar-refractivity contribution is 7.99. The molecular formula is C12H14O2S. The molecule has 15 heavy (non-hydrogen) atoms. The molecule has 1 heterocycles. The SMILES string of the molecule is CC(C)Oc1ccc2c(c1)C(=O)CCS2. The van der Waals surface area contributed by atoms with Gasteiger partial charge >= 0.3 is 0 Å². The number of carbonyl (C=O) groups excluding carboxylic acids is 1. The Morgan fingerprint density at radius 1 is 1.40 bits per heavy atom. The van der Waals surface area contributed by atoms with Crippen LogP contribution in [0.1, 0.15) is 30.6 Å². The molecule has 80 valence electrons. The molecule has 2 rings (SSSR count). The van der Waals surface area contributed by atoms with Gasteiger partial charge in [0, 0.05) is 22.6 Å². The van der Waals surface area contributed by atoms with E-state index in [2.05, 4.69) is 0 Å². The number of hydrogen-bond donors (Lipinski definition) is 0. The first-order chi connectivity index (χ1) is 7.16. The minimum Gasteiger partial charge on any atom is -0.491 e. The van der Waals surface area contributed by atoms with Crippen molar-refractivity contribution in [1.82, 2.24) is 0 Å². The minimum atomic E-state index is 0.148. The second kappa shape index (κ2) is 4.27. The van der Waals surface area contributed by atoms with Crippen LogP contribution >= 0.6 is 11.8 Å². The summed E-state index contributed by atoms with van der Waals surface area (Å²) in [6, 6.07) is 5.78. The van der Waals surface area contributed by atoms with Gasteiger partial charge in [0.1, 0.15) is 5.75 Å². The van der Waals surface area contributed by atoms with Crippen LogP contribution < -0.4 is 4.74 Å². The van der Waals surface area contributed by atoms with Crippen LogP contribution in [0.5, 0.6) is 5.75 Å². The summed E-state index contributed by atoms with van der Waals surface area (Å²) in [7, 11) is 0. The van der Waals surface area contributed by atoms with E-state index in [1.165, 1.54) is 0 Å². The average molecular weight is 222 g/mol. The first kappa shape index (κ1) is 10.6. The van der Waals surface area contributed by atoms with Crippen molar-refractivity contribution in [3.63, 3.8) is 0 Å². The van der Waals surface area contributed by atoms with Gasteiger partial charge in [-0.3, -0.25) is 4.79 Å². The highest BCUT2D eigenvalue weighted by Crippen LogP contribution is 2.32. The summed E-state index contributed by atoms with van der Waals surface area (Å²) in [6.45, 7) is 3.96. The van der Waals surface area contributed by atoms with Gasteiger partial charge in [-0.25, -0.2) is 0 Å². The Balaban J connectivity index is 2.31. The third kappa shape index (κ3) is 2.34. The zero-order valence-corrected chi connectivity index (χ0v) is 9.76. The lowest BCUT2D eigenvalue weighted by molar-refractivity contribution is 0.0984. The fraction of sp³-hybridized carbons (Fsp3) is 0.417. The second-order valence-corrected chi connectivity index (χ2v) is 4.98. The second-order valence-electron chi connectivity index (χ2n) is 3.85. The van der Waals surface area contributed by atoms with Crippen molar-refractivity contribution in [3.8, 4) is 5.75 Å². The Kier molecular flexibility index (Phi) is 3.00. The Bertz CT molecular complexity index is 385. The predicted octanol–water partition coefficient (Wildman–Crippen LogP) is 3.15. The van der Waals surface area contributed by atoms with Crippen LogP contribution in [0.25, 0.3) is 0 Å². The van der Waals surface area contributed by atoms with Gasteiger partial charge in [-0.2, -0.15) is 0 Å². The summed E-state index contributed by atoms with van der Waals surface area (Å²) >= 11 is 1.74. The molecule has 0 saturated carbocycles. The van der Waals surface area contributed by atoms with E-state index in [1.807, 2.05) is 32.0 Å². The molecule has 0 N–H and O–H groups in total. The molecule has 2 nitrogen and oxygen atoms in total. The normalized spacial score (nSPS) is 15.3. The number of ether oxygens (including phenoxy) is 1. The molecule has 1 aliphatic heterocycles. The molecule has 0 aliphatic carbocycles. The summed E-state index contributed by atoms with van der Waals surface area (Å²) in [6.07, 6.45) is 0.789. The van der Waals surface area contributed by atoms with Crippen LogP contribution in [0, 0.1) is 0 Å². The third-order valence-corrected chi connectivity index (χ3v) is 3.29. The number of hydrogen-bond acceptors (Lipinski definition) is 3. The summed E-state index contributed by atoms with van der Waals surface area (Å²) in [5, 5.41) is 0. The number of ketones is 1. The van der Waals surface area contributed by atoms with Gasteiger partial charge in [0.2, 0.25) is 0 Å². The van der Waals surface area contributed by atoms with E-state index >= 15 is 0 Å². The average Bonchev–Trinajstić information content (AvgIpc) is 2.18. The maximum absolute atomic E-state index is 11.7. The number of Topliss-reactive ketones (excluding diaryl/α,β-unsaturated/α-hetero) is 1. The van der Waals surface area contributed by atoms with Crippen LogP contribution in [0.4, 0.5) is 0 Å². The fourth-order valence-electron chi connectivity index (χ4n) is 1.59. The summed E-state index contributed by atoms with van der Waals surface area (Å²) in [5.74, 6) is 1.92. The first-order valence-electron chi connectivity index (χ1n) is 5.13. The molecule has 0 atom stereocenters. The van der Waals surface area contributed by atoms with Crippen LogP contribution in [0.3, 0.4) is 0 Å². The lowest BCUT2D eigenvalue weighted by Crippen LogP contribution is -2.10. The monoisotopic (exact) mass is 222 g/mol. The number of rotatable bonds is 2. The third-order valence-electron chi connectivity index (χ3n) is 2.21. The quantitative estimate of drug-likeness (QED) is 0.769. The molecule has 1 aromatic rings. The van der Waals surface area contributed by atoms with Gasteiger partial charge in [0.15, 0.2) is 5.78 Å². The lowest BCUT2D eigenvalue weighted by Gasteiger charge is -2.16. The highest BCUT2D eigenvalue weighted by Gasteiger charge is 2.18. The highest BCUT2D eigenvalue weighted by atomic mass is 32.2. The van der Waals surface area contributed by atoms with Gasteiger partial charge in [-0.15, -0.1) is 11.8 Å². The standard InChI is InChI=1S/C12H14O2S/c1-8(2)14-9-3-4-12-10(7-9)11(13)5-6-15-12/h3-4,7-8H,5-6H2,1-2H3. The van der Waals surface area contributed by atoms with E-state index in [0.717, 1.165) is 22.0 Å². The van der Waals surface area contributed by atoms with E-state index in [-0.39, 0.29) is 11.9 Å². The molecule has 1 aliphatic rings. The minimum absolute atomic E-state index is 0.148. The Morgan fingerprint density at radius 3 is 2.93 bits per heavy atom. The Morgan fingerprint density at radius 2 is 2.20 bits per heavy atom. The van der Waals surface area contributed by atoms with Gasteiger partial charge in [0.05, 0.1) is 6.10 Å². The van der Waals surface area contributed by atoms with Crippen LogP contribution in [0.15, 0.2) is 23.1 Å². The van der Waals surface area contributed by atoms with Crippen molar-refractivity contribution in [1.29, 1.82) is 0 Å². The molecular weight excluding hydrogens is 208 g/mol. The van der Waals surface area contributed by atoms with Crippen LogP contribution in [-0.4, -0.2) is 17.6 Å². The van der Waals surface area contributed by atoms with Crippen molar-refractivity contribution in [3.05, 3.63) is 23.8 Å². The molecule has 0 aromatic heterocycles. The van der Waals surface area contributed by atoms with Crippen molar-refractivity contribution in [2.45, 2.75) is 31.3 Å². The molecule has 0 spiro atoms. The van der Waals surface area contributed by atoms with Gasteiger partial charge in [0.25, 0.3) is 0 Å². The molecule has 3 heteroatoms. The lowest BCUT2D eigenvalue weighted by atomic mass is 10.1. The van der Waals surface area contributed by atoms with Crippen LogP contribution in [0.2, 0.25) is 0 Å². The van der Waals surface area contributed by atoms with E-state index in [4.69, 9.17) is 4.74 Å². The number of carbonyl (C=O) groups is 1. The fourth-order valence-corrected chi connectivity index (χ4v) is 2.59. The zero-order valence-electron chi connectivity index (χ0n) is 8.95. The predicted molar refractivity (Wildman–Crippen MR) is 61.9 cm³/mol. The van der Waals surface area contributed by atoms with Crippen LogP contribution in [-0.2, 0) is 0 Å². The summed E-state index contributed by atoms with van der Waals surface area (Å²) < 4.78 is 5.57. The maximum atomic E-state index is 11.7. The maximum Gasteiger partial charge on any atom is 0.164 e. The summed E-state index contributed by atoms with van der Waals surface area (Å²) in [4.78, 5) is 12.7. The van der Waals surface area contributed by atoms with Crippen molar-refractivity contribution in [2.24, 2.45) is 0 Å². The van der Waals surface area contributed by atoms with Crippen molar-refractivity contribution < 1.29 is 9.53 Å². The molecule has 0 saturated heterocycles. The van der Waals surface area contributed by atoms with Gasteiger partial charge in [-0.1, -0.05) is 0 Å². The molecule has 0 unspecified atom stereocenters. The van der Waals surface area contributed by atoms with Gasteiger partial charge in [-0.05, 0) is 32.0 Å². The number of benzene rings is 1. The van der Waals surface area contributed by atoms with E-state index in [1.54, 1.807) is 11.8 Å². The zero-order chi connectivity index (χ0) is 10.8. The smallest absolute Gasteiger partial charge is 0.164 e. The van der Waals surface area contributed by atoms with Crippen molar-refractivity contribution in [2.75, 3.05) is 5.75 Å². The van der Waals surface area contributed by atoms with Crippen molar-refractivity contribution >= 4 is 17.5 Å². The molecule has 0 bridgehead atoms. The Labute approximate surface area is 94.0 Å². The number of thioether (sulfide) groups is 1. The Hall–Kier alpha value is -0.960. The van der Waals surface area contributed by atoms with Gasteiger partial charge < -0.3 is 4.74 Å². The number of fused-ring (bicyclic) bond motifs is 1. The molecule has 1 aromatic carbocycles. The molecule has 0 amide bonds. The topological polar surface area (TPSA) is 26.3 Å².